The zero-order valence-electron chi connectivity index (χ0n) is 35.9. The molecule has 1 unspecified atom stereocenters. The molecule has 2 aromatic carbocycles. The third-order valence-electron chi connectivity index (χ3n) is 7.58. The molecule has 0 aliphatic heterocycles. The van der Waals surface area contributed by atoms with E-state index in [-0.39, 0.29) is 20.1 Å². The summed E-state index contributed by atoms with van der Waals surface area (Å²) in [7, 11) is 0. The molecule has 0 fully saturated rings. The quantitative estimate of drug-likeness (QED) is 0.163. The number of benzene rings is 2. The number of aryl methyl sites for hydroxylation is 4. The van der Waals surface area contributed by atoms with Crippen molar-refractivity contribution in [1.82, 2.24) is 15.0 Å². The van der Waals surface area contributed by atoms with Crippen LogP contribution in [0.1, 0.15) is 111 Å². The van der Waals surface area contributed by atoms with Gasteiger partial charge in [-0.25, -0.2) is 4.98 Å². The van der Waals surface area contributed by atoms with Gasteiger partial charge >= 0.3 is 0 Å². The van der Waals surface area contributed by atoms with Crippen LogP contribution in [0.25, 0.3) is 44.6 Å². The van der Waals surface area contributed by atoms with E-state index in [1.807, 2.05) is 37.3 Å². The minimum Gasteiger partial charge on any atom is -0.486 e. The van der Waals surface area contributed by atoms with Gasteiger partial charge in [-0.15, -0.1) is 53.6 Å². The molecule has 0 N–H and O–H groups in total. The van der Waals surface area contributed by atoms with Gasteiger partial charge in [-0.3, -0.25) is 0 Å². The Bertz CT molecular complexity index is 2300. The average molecular weight is 783 g/mol. The van der Waals surface area contributed by atoms with Crippen molar-refractivity contribution in [2.75, 3.05) is 0 Å². The fraction of sp³-hybridized carbons (Fsp3) is 0.325. The van der Waals surface area contributed by atoms with Crippen LogP contribution >= 0.6 is 0 Å². The van der Waals surface area contributed by atoms with Gasteiger partial charge < -0.3 is 14.4 Å². The first-order chi connectivity index (χ1) is 24.3. The van der Waals surface area contributed by atoms with Gasteiger partial charge in [0.1, 0.15) is 0 Å². The molecule has 1 atom stereocenters. The number of hydrogen-bond donors (Lipinski definition) is 0. The Morgan fingerprint density at radius 1 is 0.778 bits per heavy atom. The summed E-state index contributed by atoms with van der Waals surface area (Å²) in [5.74, 6) is -3.79. The van der Waals surface area contributed by atoms with E-state index in [9.17, 15) is 0 Å². The van der Waals surface area contributed by atoms with Gasteiger partial charge in [0.15, 0.2) is 0 Å². The molecular weight excluding hydrogens is 731 g/mol. The number of aromatic nitrogens is 3. The maximum atomic E-state index is 8.79. The smallest absolute Gasteiger partial charge is 0.216 e. The first kappa shape index (κ1) is 23.6. The van der Waals surface area contributed by atoms with E-state index in [4.69, 9.17) is 16.8 Å². The Kier molecular flexibility index (Phi) is 7.45. The Morgan fingerprint density at radius 2 is 1.51 bits per heavy atom. The van der Waals surface area contributed by atoms with Crippen LogP contribution in [0.3, 0.4) is 0 Å². The van der Waals surface area contributed by atoms with Crippen LogP contribution < -0.4 is 0 Å². The third-order valence-corrected chi connectivity index (χ3v) is 7.58. The van der Waals surface area contributed by atoms with E-state index < -0.39 is 31.4 Å². The summed E-state index contributed by atoms with van der Waals surface area (Å²) in [6.45, 7) is 9.30. The molecule has 4 aromatic heterocycles. The summed E-state index contributed by atoms with van der Waals surface area (Å²) < 4.78 is 78.3. The predicted molar refractivity (Wildman–Crippen MR) is 183 cm³/mol. The first-order valence-corrected chi connectivity index (χ1v) is 14.5. The topological polar surface area (TPSA) is 51.8 Å². The number of hydrogen-bond acceptors (Lipinski definition) is 4. The van der Waals surface area contributed by atoms with Gasteiger partial charge in [-0.1, -0.05) is 70.6 Å². The molecule has 6 rings (SSSR count). The van der Waals surface area contributed by atoms with Gasteiger partial charge in [-0.2, -0.15) is 0 Å². The van der Waals surface area contributed by atoms with E-state index >= 15 is 0 Å². The van der Waals surface area contributed by atoms with Crippen molar-refractivity contribution < 1.29 is 36.9 Å². The SMILES string of the molecule is [2H]C(C)(C)c1cc(C)nc2oc3c(-c4cc(C([2H])(C)C([2H])([2H])[2H])c(C)cn4)[c-]cc(C([2H])(C)C)c3c12.[2H]C([2H])([2H])c1cnc(-c2[c-]cccc2)cc1C.[Ir]. The molecule has 0 amide bonds. The van der Waals surface area contributed by atoms with Crippen molar-refractivity contribution >= 4 is 22.1 Å². The van der Waals surface area contributed by atoms with Gasteiger partial charge in [0.2, 0.25) is 5.71 Å². The Labute approximate surface area is 294 Å². The van der Waals surface area contributed by atoms with E-state index in [0.29, 0.717) is 61.3 Å². The zero-order chi connectivity index (χ0) is 39.5. The van der Waals surface area contributed by atoms with Crippen LogP contribution in [0.15, 0.2) is 65.3 Å². The molecule has 0 bridgehead atoms. The van der Waals surface area contributed by atoms with Crippen molar-refractivity contribution in [2.24, 2.45) is 0 Å². The fourth-order valence-electron chi connectivity index (χ4n) is 5.24. The van der Waals surface area contributed by atoms with Crippen molar-refractivity contribution in [2.45, 2.75) is 86.8 Å². The summed E-state index contributed by atoms with van der Waals surface area (Å²) in [6.07, 6.45) is 2.99. The van der Waals surface area contributed by atoms with Crippen LogP contribution in [0.2, 0.25) is 0 Å². The monoisotopic (exact) mass is 783 g/mol. The number of pyridine rings is 3. The van der Waals surface area contributed by atoms with Crippen LogP contribution in [0.4, 0.5) is 0 Å². The molecule has 235 valence electrons. The maximum absolute atomic E-state index is 8.79. The Morgan fingerprint density at radius 3 is 2.16 bits per heavy atom. The molecule has 1 radical (unpaired) electrons. The predicted octanol–water partition coefficient (Wildman–Crippen LogP) is 11.0. The standard InChI is InChI=1S/C27H31N2O.C13H12N.Ir/c1-14(2)19-9-10-20(23-12-21(15(3)4)17(7)13-28-23)26-24(19)25-22(16(5)6)11-18(8)29-27(25)30-26;1-10-8-13(14-9-11(10)2)12-6-4-3-5-7-12;/h9,11-16H,1-8H3;3-6,8-9H,1-2H3;/q2*-1;/i3D3,14D,15D,16D;2D3;. The van der Waals surface area contributed by atoms with Crippen LogP contribution in [0.5, 0.6) is 0 Å². The summed E-state index contributed by atoms with van der Waals surface area (Å²) >= 11 is 0. The fourth-order valence-corrected chi connectivity index (χ4v) is 5.24. The van der Waals surface area contributed by atoms with E-state index in [0.717, 1.165) is 22.4 Å². The van der Waals surface area contributed by atoms with E-state index in [1.54, 1.807) is 65.9 Å². The van der Waals surface area contributed by atoms with Gasteiger partial charge in [0.05, 0.1) is 5.58 Å². The maximum Gasteiger partial charge on any atom is 0.216 e. The van der Waals surface area contributed by atoms with E-state index in [2.05, 4.69) is 27.1 Å². The number of nitrogens with zero attached hydrogens (tertiary/aromatic N) is 3. The molecular formula is C40H43IrN3O-2. The first-order valence-electron chi connectivity index (χ1n) is 19.0. The Hall–Kier alpha value is -3.66. The van der Waals surface area contributed by atoms with Crippen LogP contribution in [0, 0.1) is 39.8 Å². The number of rotatable bonds is 5. The summed E-state index contributed by atoms with van der Waals surface area (Å²) in [6, 6.07) is 20.8. The average Bonchev–Trinajstić information content (AvgIpc) is 3.41. The second-order valence-corrected chi connectivity index (χ2v) is 11.5. The van der Waals surface area contributed by atoms with Gasteiger partial charge in [0.25, 0.3) is 0 Å². The zero-order valence-corrected chi connectivity index (χ0v) is 29.3. The molecule has 4 nitrogen and oxygen atoms in total. The van der Waals surface area contributed by atoms with Crippen LogP contribution in [-0.4, -0.2) is 15.0 Å². The molecule has 6 aromatic rings. The second-order valence-electron chi connectivity index (χ2n) is 11.5. The summed E-state index contributed by atoms with van der Waals surface area (Å²) in [5.41, 5.74) is 7.43. The molecule has 45 heavy (non-hydrogen) atoms. The molecule has 0 spiro atoms. The molecule has 0 saturated heterocycles. The third kappa shape index (κ3) is 7.11. The molecule has 0 saturated carbocycles. The number of furan rings is 1. The molecule has 4 heterocycles. The largest absolute Gasteiger partial charge is 0.486 e. The molecule has 0 aliphatic rings. The number of fused-ring (bicyclic) bond motifs is 3. The second kappa shape index (κ2) is 14.2. The normalized spacial score (nSPS) is 16.6. The minimum atomic E-state index is -2.54. The van der Waals surface area contributed by atoms with Crippen molar-refractivity contribution in [3.05, 3.63) is 112 Å². The molecule has 0 aliphatic carbocycles. The van der Waals surface area contributed by atoms with Crippen molar-refractivity contribution in [3.63, 3.8) is 0 Å². The van der Waals surface area contributed by atoms with Crippen molar-refractivity contribution in [1.29, 1.82) is 0 Å². The summed E-state index contributed by atoms with van der Waals surface area (Å²) in [5, 5.41) is 1.36. The van der Waals surface area contributed by atoms with E-state index in [1.165, 1.54) is 13.1 Å². The Balaban J connectivity index is 0.000000302. The van der Waals surface area contributed by atoms with Crippen LogP contribution in [-0.2, 0) is 20.1 Å². The van der Waals surface area contributed by atoms with Crippen molar-refractivity contribution in [3.8, 4) is 22.5 Å². The minimum absolute atomic E-state index is 0. The van der Waals surface area contributed by atoms with Gasteiger partial charge in [0, 0.05) is 55.9 Å². The molecule has 5 heteroatoms. The van der Waals surface area contributed by atoms with Gasteiger partial charge in [-0.05, 0) is 84.5 Å². The summed E-state index contributed by atoms with van der Waals surface area (Å²) in [4.78, 5) is 13.3.